The minimum atomic E-state index is -0.308. The fourth-order valence-electron chi connectivity index (χ4n) is 3.88. The van der Waals surface area contributed by atoms with E-state index in [2.05, 4.69) is 30.2 Å². The van der Waals surface area contributed by atoms with Gasteiger partial charge in [-0.1, -0.05) is 98.4 Å². The Morgan fingerprint density at radius 1 is 0.558 bits per heavy atom. The van der Waals surface area contributed by atoms with E-state index < -0.39 is 0 Å². The minimum Gasteiger partial charge on any atom is -0.465 e. The van der Waals surface area contributed by atoms with E-state index in [0.29, 0.717) is 11.1 Å². The first-order chi connectivity index (χ1) is 20.0. The summed E-state index contributed by atoms with van der Waals surface area (Å²) in [6.07, 6.45) is 15.2. The van der Waals surface area contributed by atoms with Crippen molar-refractivity contribution in [2.75, 3.05) is 34.0 Å². The molecule has 248 valence electrons. The van der Waals surface area contributed by atoms with E-state index in [1.807, 2.05) is 36.4 Å². The van der Waals surface area contributed by atoms with Gasteiger partial charge in [0.05, 0.1) is 25.3 Å². The maximum Gasteiger partial charge on any atom is 0.337 e. The van der Waals surface area contributed by atoms with Crippen molar-refractivity contribution in [1.29, 1.82) is 0 Å². The smallest absolute Gasteiger partial charge is 0.337 e. The van der Waals surface area contributed by atoms with Crippen molar-refractivity contribution in [3.8, 4) is 0 Å². The summed E-state index contributed by atoms with van der Waals surface area (Å²) in [6, 6.07) is 15.0. The summed E-state index contributed by atoms with van der Waals surface area (Å²) in [4.78, 5) is 22.4. The Morgan fingerprint density at radius 2 is 0.907 bits per heavy atom. The molecular formula is C37H64O6. The molecule has 0 atom stereocenters. The minimum absolute atomic E-state index is 0. The average molecular weight is 605 g/mol. The van der Waals surface area contributed by atoms with Gasteiger partial charge in [0, 0.05) is 19.8 Å². The number of unbranched alkanes of at least 4 members (excludes halogenated alkanes) is 7. The molecule has 0 unspecified atom stereocenters. The first-order valence-corrected chi connectivity index (χ1v) is 15.5. The van der Waals surface area contributed by atoms with Crippen LogP contribution in [0.4, 0.5) is 0 Å². The second kappa shape index (κ2) is 32.2. The van der Waals surface area contributed by atoms with Gasteiger partial charge in [-0.25, -0.2) is 9.59 Å². The highest BCUT2D eigenvalue weighted by Crippen LogP contribution is 2.10. The summed E-state index contributed by atoms with van der Waals surface area (Å²) in [5, 5.41) is 8.63. The van der Waals surface area contributed by atoms with Crippen LogP contribution >= 0.6 is 0 Å². The van der Waals surface area contributed by atoms with Gasteiger partial charge in [0.1, 0.15) is 0 Å². The van der Waals surface area contributed by atoms with Crippen molar-refractivity contribution < 1.29 is 28.9 Å². The highest BCUT2D eigenvalue weighted by molar-refractivity contribution is 5.89. The van der Waals surface area contributed by atoms with Crippen LogP contribution < -0.4 is 0 Å². The van der Waals surface area contributed by atoms with Crippen LogP contribution in [0.2, 0.25) is 0 Å². The van der Waals surface area contributed by atoms with E-state index in [9.17, 15) is 9.59 Å². The third-order valence-corrected chi connectivity index (χ3v) is 6.48. The molecule has 2 rings (SSSR count). The molecule has 0 bridgehead atoms. The molecule has 0 aromatic heterocycles. The van der Waals surface area contributed by atoms with Crippen LogP contribution in [0.3, 0.4) is 0 Å². The summed E-state index contributed by atoms with van der Waals surface area (Å²) in [5.41, 5.74) is 3.61. The lowest BCUT2D eigenvalue weighted by Crippen LogP contribution is -2.01. The van der Waals surface area contributed by atoms with Crippen molar-refractivity contribution in [2.45, 2.75) is 119 Å². The molecule has 43 heavy (non-hydrogen) atoms. The Labute approximate surface area is 264 Å². The fraction of sp³-hybridized carbons (Fsp3) is 0.622. The van der Waals surface area contributed by atoms with Gasteiger partial charge in [0.2, 0.25) is 0 Å². The fourth-order valence-corrected chi connectivity index (χ4v) is 3.88. The molecule has 0 aliphatic rings. The molecule has 0 spiro atoms. The third-order valence-electron chi connectivity index (χ3n) is 6.48. The monoisotopic (exact) mass is 604 g/mol. The second-order valence-corrected chi connectivity index (χ2v) is 10.0. The number of benzene rings is 2. The Bertz CT molecular complexity index is 873. The molecule has 0 radical (unpaired) electrons. The zero-order chi connectivity index (χ0) is 30.6. The lowest BCUT2D eigenvalue weighted by atomic mass is 10.1. The molecule has 0 aliphatic carbocycles. The van der Waals surface area contributed by atoms with Crippen LogP contribution in [-0.4, -0.2) is 51.1 Å². The molecule has 6 heteroatoms. The van der Waals surface area contributed by atoms with Crippen molar-refractivity contribution in [2.24, 2.45) is 0 Å². The molecular weight excluding hydrogens is 540 g/mol. The Kier molecular flexibility index (Phi) is 33.5. The number of hydrogen-bond acceptors (Lipinski definition) is 6. The van der Waals surface area contributed by atoms with Gasteiger partial charge in [-0.15, -0.1) is 0 Å². The van der Waals surface area contributed by atoms with Crippen LogP contribution in [0.25, 0.3) is 0 Å². The maximum absolute atomic E-state index is 11.3. The molecule has 0 aliphatic heterocycles. The van der Waals surface area contributed by atoms with Gasteiger partial charge in [0.25, 0.3) is 0 Å². The predicted molar refractivity (Wildman–Crippen MR) is 182 cm³/mol. The van der Waals surface area contributed by atoms with E-state index in [0.717, 1.165) is 51.7 Å². The normalized spacial score (nSPS) is 9.63. The molecule has 0 saturated heterocycles. The zero-order valence-corrected chi connectivity index (χ0v) is 26.4. The molecule has 6 nitrogen and oxygen atoms in total. The van der Waals surface area contributed by atoms with E-state index in [-0.39, 0.29) is 33.4 Å². The number of aliphatic hydroxyl groups is 1. The standard InChI is InChI=1S/C17H26O3.C12H16O3.C6H14.2CH4/c1-3-4-6-13-20-14-7-5-8-15-9-11-16(12-10-15)17(18)19-2;1-15-12(14)11-7-5-10(6-8-11)4-2-3-9-13;1-3-5-6-4-2;;/h9-12H,3-8,13-14H2,1-2H3;5-8,13H,2-4,9H2,1H3;3-6H2,1-2H3;2*1H4. The van der Waals surface area contributed by atoms with Crippen LogP contribution in [-0.2, 0) is 27.1 Å². The Balaban J connectivity index is -0.000000616. The second-order valence-electron chi connectivity index (χ2n) is 10.0. The summed E-state index contributed by atoms with van der Waals surface area (Å²) >= 11 is 0. The Morgan fingerprint density at radius 3 is 1.26 bits per heavy atom. The predicted octanol–water partition coefficient (Wildman–Crippen LogP) is 9.65. The summed E-state index contributed by atoms with van der Waals surface area (Å²) < 4.78 is 14.9. The average Bonchev–Trinajstić information content (AvgIpc) is 3.02. The number of ether oxygens (including phenoxy) is 3. The van der Waals surface area contributed by atoms with Crippen molar-refractivity contribution in [1.82, 2.24) is 0 Å². The lowest BCUT2D eigenvalue weighted by Gasteiger charge is -2.05. The van der Waals surface area contributed by atoms with Crippen LogP contribution in [0.15, 0.2) is 48.5 Å². The van der Waals surface area contributed by atoms with Gasteiger partial charge >= 0.3 is 11.9 Å². The molecule has 0 saturated carbocycles. The topological polar surface area (TPSA) is 82.1 Å². The number of rotatable bonds is 18. The van der Waals surface area contributed by atoms with E-state index >= 15 is 0 Å². The van der Waals surface area contributed by atoms with Crippen LogP contribution in [0.5, 0.6) is 0 Å². The van der Waals surface area contributed by atoms with Gasteiger partial charge < -0.3 is 19.3 Å². The van der Waals surface area contributed by atoms with Crippen LogP contribution in [0, 0.1) is 0 Å². The number of carbonyl (C=O) groups excluding carboxylic acids is 2. The summed E-state index contributed by atoms with van der Waals surface area (Å²) in [7, 11) is 2.77. The highest BCUT2D eigenvalue weighted by atomic mass is 16.5. The highest BCUT2D eigenvalue weighted by Gasteiger charge is 2.05. The number of aryl methyl sites for hydroxylation is 2. The first kappa shape index (κ1) is 44.7. The quantitative estimate of drug-likeness (QED) is 0.135. The number of esters is 2. The molecule has 1 N–H and O–H groups in total. The molecule has 0 heterocycles. The van der Waals surface area contributed by atoms with Crippen molar-refractivity contribution in [3.63, 3.8) is 0 Å². The van der Waals surface area contributed by atoms with Gasteiger partial charge in [-0.3, -0.25) is 0 Å². The van der Waals surface area contributed by atoms with Gasteiger partial charge in [-0.2, -0.15) is 0 Å². The SMILES string of the molecule is C.C.CCCCCC.CCCCCOCCCCc1ccc(C(=O)OC)cc1.COC(=O)c1ccc(CCCCO)cc1. The zero-order valence-electron chi connectivity index (χ0n) is 26.4. The van der Waals surface area contributed by atoms with Crippen LogP contribution in [0.1, 0.15) is 138 Å². The summed E-state index contributed by atoms with van der Waals surface area (Å²) in [5.74, 6) is -0.589. The largest absolute Gasteiger partial charge is 0.465 e. The molecule has 0 amide bonds. The van der Waals surface area contributed by atoms with E-state index in [1.165, 1.54) is 70.3 Å². The lowest BCUT2D eigenvalue weighted by molar-refractivity contribution is 0.0592. The Hall–Kier alpha value is -2.70. The van der Waals surface area contributed by atoms with Crippen molar-refractivity contribution >= 4 is 11.9 Å². The van der Waals surface area contributed by atoms with E-state index in [1.54, 1.807) is 12.1 Å². The van der Waals surface area contributed by atoms with Gasteiger partial charge in [-0.05, 0) is 80.3 Å². The number of carbonyl (C=O) groups is 2. The molecule has 0 fully saturated rings. The molecule has 2 aromatic carbocycles. The van der Waals surface area contributed by atoms with Crippen molar-refractivity contribution in [3.05, 3.63) is 70.8 Å². The van der Waals surface area contributed by atoms with E-state index in [4.69, 9.17) is 9.84 Å². The summed E-state index contributed by atoms with van der Waals surface area (Å²) in [6.45, 7) is 8.64. The number of methoxy groups -OCH3 is 2. The van der Waals surface area contributed by atoms with Gasteiger partial charge in [0.15, 0.2) is 0 Å². The maximum atomic E-state index is 11.3. The third kappa shape index (κ3) is 24.4. The first-order valence-electron chi connectivity index (χ1n) is 15.5. The number of aliphatic hydroxyl groups excluding tert-OH is 1. The molecule has 2 aromatic rings. The number of hydrogen-bond donors (Lipinski definition) is 1.